The molecule has 0 aliphatic carbocycles. The lowest BCUT2D eigenvalue weighted by Crippen LogP contribution is -2.44. The van der Waals surface area contributed by atoms with Crippen LogP contribution in [0.5, 0.6) is 5.75 Å². The summed E-state index contributed by atoms with van der Waals surface area (Å²) in [5.41, 5.74) is 1.62. The van der Waals surface area contributed by atoms with Gasteiger partial charge in [0, 0.05) is 17.5 Å². The van der Waals surface area contributed by atoms with Crippen LogP contribution in [-0.2, 0) is 9.59 Å². The number of nitrogens with zero attached hydrogens (tertiary/aromatic N) is 1. The third-order valence-corrected chi connectivity index (χ3v) is 4.25. The fourth-order valence-electron chi connectivity index (χ4n) is 2.11. The van der Waals surface area contributed by atoms with E-state index in [9.17, 15) is 9.59 Å². The van der Waals surface area contributed by atoms with Crippen LogP contribution < -0.4 is 10.1 Å². The second-order valence-corrected chi connectivity index (χ2v) is 6.26. The van der Waals surface area contributed by atoms with E-state index in [2.05, 4.69) is 5.32 Å². The Bertz CT molecular complexity index is 580. The topological polar surface area (TPSA) is 58.6 Å². The number of ether oxygens (including phenoxy) is 1. The second-order valence-electron chi connectivity index (χ2n) is 5.26. The minimum absolute atomic E-state index is 0.111. The van der Waals surface area contributed by atoms with E-state index < -0.39 is 6.04 Å². The van der Waals surface area contributed by atoms with E-state index in [0.717, 1.165) is 11.3 Å². The lowest BCUT2D eigenvalue weighted by molar-refractivity contribution is -0.132. The molecule has 0 aromatic heterocycles. The highest BCUT2D eigenvalue weighted by atomic mass is 32.2. The van der Waals surface area contributed by atoms with Gasteiger partial charge in [-0.3, -0.25) is 9.59 Å². The van der Waals surface area contributed by atoms with Crippen molar-refractivity contribution in [2.75, 3.05) is 24.1 Å². The maximum Gasteiger partial charge on any atom is 0.248 e. The summed E-state index contributed by atoms with van der Waals surface area (Å²) in [7, 11) is 1.59. The summed E-state index contributed by atoms with van der Waals surface area (Å²) in [6.45, 7) is 3.74. The van der Waals surface area contributed by atoms with Crippen LogP contribution in [0.15, 0.2) is 35.9 Å². The molecule has 0 unspecified atom stereocenters. The van der Waals surface area contributed by atoms with Gasteiger partial charge in [-0.1, -0.05) is 5.57 Å². The van der Waals surface area contributed by atoms with Crippen molar-refractivity contribution >= 4 is 29.3 Å². The zero-order valence-electron chi connectivity index (χ0n) is 13.0. The average Bonchev–Trinajstić information content (AvgIpc) is 2.97. The van der Waals surface area contributed by atoms with Crippen LogP contribution in [0, 0.1) is 0 Å². The molecule has 1 aromatic rings. The number of allylic oxidation sites excluding steroid dienone is 1. The van der Waals surface area contributed by atoms with Crippen LogP contribution in [0.1, 0.15) is 13.8 Å². The number of benzene rings is 1. The standard InChI is InChI=1S/C16H20N2O3S/c1-11(2)8-15(19)18-10-22-9-14(18)16(20)17-12-4-6-13(21-3)7-5-12/h4-8,14H,9-10H2,1-3H3,(H,17,20)/t14-/m0/s1. The molecule has 22 heavy (non-hydrogen) atoms. The van der Waals surface area contributed by atoms with Crippen molar-refractivity contribution in [1.29, 1.82) is 0 Å². The van der Waals surface area contributed by atoms with Crippen LogP contribution in [0.4, 0.5) is 5.69 Å². The molecule has 6 heteroatoms. The molecule has 1 aliphatic rings. The summed E-state index contributed by atoms with van der Waals surface area (Å²) in [5, 5.41) is 2.85. The summed E-state index contributed by atoms with van der Waals surface area (Å²) in [4.78, 5) is 26.2. The second kappa shape index (κ2) is 7.35. The number of hydrogen-bond acceptors (Lipinski definition) is 4. The Balaban J connectivity index is 2.04. The lowest BCUT2D eigenvalue weighted by atomic mass is 10.2. The molecule has 1 N–H and O–H groups in total. The van der Waals surface area contributed by atoms with E-state index in [1.165, 1.54) is 0 Å². The Morgan fingerprint density at radius 2 is 2.00 bits per heavy atom. The Morgan fingerprint density at radius 1 is 1.32 bits per heavy atom. The highest BCUT2D eigenvalue weighted by Crippen LogP contribution is 2.23. The molecule has 1 aromatic carbocycles. The first-order chi connectivity index (χ1) is 10.5. The predicted octanol–water partition coefficient (Wildman–Crippen LogP) is 2.50. The van der Waals surface area contributed by atoms with Crippen LogP contribution in [-0.4, -0.2) is 41.5 Å². The summed E-state index contributed by atoms with van der Waals surface area (Å²) in [6.07, 6.45) is 1.57. The molecule has 118 valence electrons. The molecule has 1 saturated heterocycles. The zero-order valence-corrected chi connectivity index (χ0v) is 13.8. The van der Waals surface area contributed by atoms with Crippen molar-refractivity contribution in [2.24, 2.45) is 0 Å². The van der Waals surface area contributed by atoms with Gasteiger partial charge in [0.25, 0.3) is 0 Å². The maximum atomic E-state index is 12.4. The van der Waals surface area contributed by atoms with Gasteiger partial charge in [-0.05, 0) is 38.1 Å². The number of anilines is 1. The molecule has 0 spiro atoms. The molecule has 1 fully saturated rings. The first kappa shape index (κ1) is 16.4. The molecular weight excluding hydrogens is 300 g/mol. The molecular formula is C16H20N2O3S. The third-order valence-electron chi connectivity index (χ3n) is 3.24. The van der Waals surface area contributed by atoms with E-state index in [1.54, 1.807) is 54.1 Å². The normalized spacial score (nSPS) is 17.0. The first-order valence-corrected chi connectivity index (χ1v) is 8.15. The lowest BCUT2D eigenvalue weighted by Gasteiger charge is -2.22. The van der Waals surface area contributed by atoms with Crippen molar-refractivity contribution < 1.29 is 14.3 Å². The van der Waals surface area contributed by atoms with Gasteiger partial charge < -0.3 is 15.0 Å². The van der Waals surface area contributed by atoms with E-state index in [-0.39, 0.29) is 11.8 Å². The number of nitrogens with one attached hydrogen (secondary N) is 1. The molecule has 0 saturated carbocycles. The highest BCUT2D eigenvalue weighted by molar-refractivity contribution is 7.99. The summed E-state index contributed by atoms with van der Waals surface area (Å²) in [6, 6.07) is 6.69. The minimum atomic E-state index is -0.435. The predicted molar refractivity (Wildman–Crippen MR) is 89.0 cm³/mol. The number of thioether (sulfide) groups is 1. The van der Waals surface area contributed by atoms with Crippen LogP contribution in [0.2, 0.25) is 0 Å². The van der Waals surface area contributed by atoms with E-state index in [0.29, 0.717) is 17.3 Å². The maximum absolute atomic E-state index is 12.4. The van der Waals surface area contributed by atoms with Crippen LogP contribution >= 0.6 is 11.8 Å². The quantitative estimate of drug-likeness (QED) is 0.866. The Hall–Kier alpha value is -1.95. The van der Waals surface area contributed by atoms with Crippen LogP contribution in [0.3, 0.4) is 0 Å². The molecule has 0 radical (unpaired) electrons. The molecule has 2 amide bonds. The molecule has 1 heterocycles. The van der Waals surface area contributed by atoms with Crippen molar-refractivity contribution in [1.82, 2.24) is 4.90 Å². The van der Waals surface area contributed by atoms with Crippen molar-refractivity contribution in [3.8, 4) is 5.75 Å². The molecule has 2 rings (SSSR count). The number of carbonyl (C=O) groups is 2. The van der Waals surface area contributed by atoms with Gasteiger partial charge in [-0.2, -0.15) is 0 Å². The van der Waals surface area contributed by atoms with Crippen LogP contribution in [0.25, 0.3) is 0 Å². The number of carbonyl (C=O) groups excluding carboxylic acids is 2. The first-order valence-electron chi connectivity index (χ1n) is 6.99. The van der Waals surface area contributed by atoms with Gasteiger partial charge in [0.1, 0.15) is 11.8 Å². The Morgan fingerprint density at radius 3 is 2.59 bits per heavy atom. The summed E-state index contributed by atoms with van der Waals surface area (Å²) < 4.78 is 5.08. The molecule has 5 nitrogen and oxygen atoms in total. The zero-order chi connectivity index (χ0) is 16.1. The molecule has 0 bridgehead atoms. The van der Waals surface area contributed by atoms with E-state index in [1.807, 2.05) is 13.8 Å². The Kier molecular flexibility index (Phi) is 5.49. The minimum Gasteiger partial charge on any atom is -0.497 e. The van der Waals surface area contributed by atoms with E-state index >= 15 is 0 Å². The SMILES string of the molecule is COc1ccc(NC(=O)[C@@H]2CSCN2C(=O)C=C(C)C)cc1. The van der Waals surface area contributed by atoms with Gasteiger partial charge in [-0.15, -0.1) is 11.8 Å². The number of methoxy groups -OCH3 is 1. The van der Waals surface area contributed by atoms with Gasteiger partial charge in [0.2, 0.25) is 11.8 Å². The number of amides is 2. The molecule has 1 atom stereocenters. The monoisotopic (exact) mass is 320 g/mol. The highest BCUT2D eigenvalue weighted by Gasteiger charge is 2.33. The molecule has 1 aliphatic heterocycles. The smallest absolute Gasteiger partial charge is 0.248 e. The number of rotatable bonds is 4. The van der Waals surface area contributed by atoms with Gasteiger partial charge in [0.15, 0.2) is 0 Å². The van der Waals surface area contributed by atoms with Crippen molar-refractivity contribution in [3.05, 3.63) is 35.9 Å². The summed E-state index contributed by atoms with van der Waals surface area (Å²) in [5.74, 6) is 1.62. The largest absolute Gasteiger partial charge is 0.497 e. The third kappa shape index (κ3) is 4.04. The van der Waals surface area contributed by atoms with Crippen molar-refractivity contribution in [3.63, 3.8) is 0 Å². The van der Waals surface area contributed by atoms with Crippen molar-refractivity contribution in [2.45, 2.75) is 19.9 Å². The fourth-order valence-corrected chi connectivity index (χ4v) is 3.27. The van der Waals surface area contributed by atoms with Gasteiger partial charge in [0.05, 0.1) is 13.0 Å². The average molecular weight is 320 g/mol. The Labute approximate surface area is 134 Å². The number of hydrogen-bond donors (Lipinski definition) is 1. The fraction of sp³-hybridized carbons (Fsp3) is 0.375. The van der Waals surface area contributed by atoms with Gasteiger partial charge >= 0.3 is 0 Å². The summed E-state index contributed by atoms with van der Waals surface area (Å²) >= 11 is 1.59. The van der Waals surface area contributed by atoms with E-state index in [4.69, 9.17) is 4.74 Å². The van der Waals surface area contributed by atoms with Gasteiger partial charge in [-0.25, -0.2) is 0 Å².